The summed E-state index contributed by atoms with van der Waals surface area (Å²) in [5.41, 5.74) is 3.52. The quantitative estimate of drug-likeness (QED) is 0.848. The van der Waals surface area contributed by atoms with Crippen molar-refractivity contribution in [3.8, 4) is 0 Å². The lowest BCUT2D eigenvalue weighted by Gasteiger charge is -2.27. The molecule has 2 atom stereocenters. The summed E-state index contributed by atoms with van der Waals surface area (Å²) >= 11 is 0. The number of nitrogens with one attached hydrogen (secondary N) is 1. The van der Waals surface area contributed by atoms with Crippen LogP contribution in [0.25, 0.3) is 0 Å². The fourth-order valence-corrected chi connectivity index (χ4v) is 3.20. The van der Waals surface area contributed by atoms with E-state index in [4.69, 9.17) is 0 Å². The second kappa shape index (κ2) is 6.53. The molecule has 2 unspecified atom stereocenters. The molecule has 0 amide bonds. The SMILES string of the molecule is CCC(NC1CCCC1)C(O)c1ccc(C)cc1C. The number of aryl methyl sites for hydroxylation is 2. The monoisotopic (exact) mass is 261 g/mol. The third-order valence-electron chi connectivity index (χ3n) is 4.37. The molecule has 1 aliphatic carbocycles. The van der Waals surface area contributed by atoms with Gasteiger partial charge in [0.25, 0.3) is 0 Å². The maximum absolute atomic E-state index is 10.6. The smallest absolute Gasteiger partial charge is 0.0945 e. The van der Waals surface area contributed by atoms with Gasteiger partial charge in [-0.05, 0) is 44.2 Å². The maximum atomic E-state index is 10.6. The first-order valence-corrected chi connectivity index (χ1v) is 7.63. The molecule has 2 N–H and O–H groups in total. The van der Waals surface area contributed by atoms with Gasteiger partial charge in [-0.2, -0.15) is 0 Å². The van der Waals surface area contributed by atoms with Crippen molar-refractivity contribution in [2.45, 2.75) is 71.1 Å². The van der Waals surface area contributed by atoms with E-state index in [-0.39, 0.29) is 6.04 Å². The highest BCUT2D eigenvalue weighted by Gasteiger charge is 2.25. The predicted molar refractivity (Wildman–Crippen MR) is 80.3 cm³/mol. The van der Waals surface area contributed by atoms with Crippen molar-refractivity contribution in [3.05, 3.63) is 34.9 Å². The second-order valence-corrected chi connectivity index (χ2v) is 5.97. The van der Waals surface area contributed by atoms with Gasteiger partial charge >= 0.3 is 0 Å². The Labute approximate surface area is 117 Å². The summed E-state index contributed by atoms with van der Waals surface area (Å²) in [5.74, 6) is 0. The van der Waals surface area contributed by atoms with E-state index in [9.17, 15) is 5.11 Å². The predicted octanol–water partition coefficient (Wildman–Crippen LogP) is 3.65. The molecule has 1 saturated carbocycles. The third-order valence-corrected chi connectivity index (χ3v) is 4.37. The highest BCUT2D eigenvalue weighted by molar-refractivity contribution is 5.32. The van der Waals surface area contributed by atoms with Crippen molar-refractivity contribution < 1.29 is 5.11 Å². The summed E-state index contributed by atoms with van der Waals surface area (Å²) in [4.78, 5) is 0. The van der Waals surface area contributed by atoms with Gasteiger partial charge in [0, 0.05) is 12.1 Å². The first-order valence-electron chi connectivity index (χ1n) is 7.63. The molecule has 0 radical (unpaired) electrons. The van der Waals surface area contributed by atoms with Gasteiger partial charge in [0.15, 0.2) is 0 Å². The number of hydrogen-bond acceptors (Lipinski definition) is 2. The maximum Gasteiger partial charge on any atom is 0.0945 e. The molecule has 1 aliphatic rings. The molecule has 2 rings (SSSR count). The zero-order valence-electron chi connectivity index (χ0n) is 12.4. The van der Waals surface area contributed by atoms with Crippen LogP contribution in [-0.4, -0.2) is 17.2 Å². The van der Waals surface area contributed by atoms with Crippen LogP contribution in [0.15, 0.2) is 18.2 Å². The van der Waals surface area contributed by atoms with Gasteiger partial charge in [-0.25, -0.2) is 0 Å². The molecule has 2 nitrogen and oxygen atoms in total. The van der Waals surface area contributed by atoms with Gasteiger partial charge in [-0.15, -0.1) is 0 Å². The van der Waals surface area contributed by atoms with Gasteiger partial charge in [-0.1, -0.05) is 43.5 Å². The number of rotatable bonds is 5. The zero-order chi connectivity index (χ0) is 13.8. The van der Waals surface area contributed by atoms with Crippen LogP contribution in [0.1, 0.15) is 61.8 Å². The number of benzene rings is 1. The molecule has 0 heterocycles. The second-order valence-electron chi connectivity index (χ2n) is 5.97. The first kappa shape index (κ1) is 14.5. The van der Waals surface area contributed by atoms with Gasteiger partial charge in [0.2, 0.25) is 0 Å². The van der Waals surface area contributed by atoms with Crippen molar-refractivity contribution in [2.75, 3.05) is 0 Å². The topological polar surface area (TPSA) is 32.3 Å². The molecule has 0 aromatic heterocycles. The van der Waals surface area contributed by atoms with Gasteiger partial charge < -0.3 is 10.4 Å². The van der Waals surface area contributed by atoms with Gasteiger partial charge in [-0.3, -0.25) is 0 Å². The van der Waals surface area contributed by atoms with Crippen LogP contribution in [0.2, 0.25) is 0 Å². The molecule has 0 bridgehead atoms. The number of aliphatic hydroxyl groups is 1. The van der Waals surface area contributed by atoms with E-state index in [1.807, 2.05) is 0 Å². The molecule has 0 saturated heterocycles. The van der Waals surface area contributed by atoms with Crippen LogP contribution >= 0.6 is 0 Å². The largest absolute Gasteiger partial charge is 0.387 e. The van der Waals surface area contributed by atoms with Gasteiger partial charge in [0.1, 0.15) is 0 Å². The average Bonchev–Trinajstić information content (AvgIpc) is 2.88. The summed E-state index contributed by atoms with van der Waals surface area (Å²) < 4.78 is 0. The lowest BCUT2D eigenvalue weighted by Crippen LogP contribution is -2.40. The summed E-state index contributed by atoms with van der Waals surface area (Å²) in [6.45, 7) is 6.34. The Hall–Kier alpha value is -0.860. The molecule has 0 spiro atoms. The minimum atomic E-state index is -0.397. The summed E-state index contributed by atoms with van der Waals surface area (Å²) in [5, 5.41) is 14.3. The fourth-order valence-electron chi connectivity index (χ4n) is 3.20. The van der Waals surface area contributed by atoms with Crippen LogP contribution in [0.5, 0.6) is 0 Å². The van der Waals surface area contributed by atoms with Crippen LogP contribution < -0.4 is 5.32 Å². The Morgan fingerprint density at radius 3 is 2.53 bits per heavy atom. The zero-order valence-corrected chi connectivity index (χ0v) is 12.4. The Morgan fingerprint density at radius 1 is 1.26 bits per heavy atom. The minimum Gasteiger partial charge on any atom is -0.387 e. The Balaban J connectivity index is 2.08. The fraction of sp³-hybridized carbons (Fsp3) is 0.647. The van der Waals surface area contributed by atoms with Gasteiger partial charge in [0.05, 0.1) is 6.10 Å². The van der Waals surface area contributed by atoms with Crippen LogP contribution in [0.4, 0.5) is 0 Å². The molecule has 106 valence electrons. The van der Waals surface area contributed by atoms with Crippen molar-refractivity contribution >= 4 is 0 Å². The van der Waals surface area contributed by atoms with Crippen molar-refractivity contribution in [3.63, 3.8) is 0 Å². The standard InChI is InChI=1S/C17H27NO/c1-4-16(18-14-7-5-6-8-14)17(19)15-10-9-12(2)11-13(15)3/h9-11,14,16-19H,4-8H2,1-3H3. The average molecular weight is 261 g/mol. The molecule has 1 fully saturated rings. The first-order chi connectivity index (χ1) is 9.11. The van der Waals surface area contributed by atoms with E-state index in [2.05, 4.69) is 44.3 Å². The molecular formula is C17H27NO. The molecule has 19 heavy (non-hydrogen) atoms. The van der Waals surface area contributed by atoms with Crippen molar-refractivity contribution in [1.29, 1.82) is 0 Å². The lowest BCUT2D eigenvalue weighted by atomic mass is 9.94. The van der Waals surface area contributed by atoms with Crippen LogP contribution in [-0.2, 0) is 0 Å². The van der Waals surface area contributed by atoms with E-state index >= 15 is 0 Å². The summed E-state index contributed by atoms with van der Waals surface area (Å²) in [7, 11) is 0. The van der Waals surface area contributed by atoms with Crippen molar-refractivity contribution in [2.24, 2.45) is 0 Å². The molecule has 0 aliphatic heterocycles. The summed E-state index contributed by atoms with van der Waals surface area (Å²) in [6.07, 6.45) is 5.74. The van der Waals surface area contributed by atoms with E-state index in [1.165, 1.54) is 36.8 Å². The number of aliphatic hydroxyl groups excluding tert-OH is 1. The normalized spacial score (nSPS) is 19.6. The van der Waals surface area contributed by atoms with Crippen molar-refractivity contribution in [1.82, 2.24) is 5.32 Å². The van der Waals surface area contributed by atoms with E-state index in [0.717, 1.165) is 12.0 Å². The molecule has 2 heteroatoms. The Kier molecular flexibility index (Phi) is 5.00. The molecular weight excluding hydrogens is 234 g/mol. The highest BCUT2D eigenvalue weighted by Crippen LogP contribution is 2.26. The van der Waals surface area contributed by atoms with E-state index in [0.29, 0.717) is 6.04 Å². The number of hydrogen-bond donors (Lipinski definition) is 2. The minimum absolute atomic E-state index is 0.171. The van der Waals surface area contributed by atoms with Crippen LogP contribution in [0, 0.1) is 13.8 Å². The lowest BCUT2D eigenvalue weighted by molar-refractivity contribution is 0.118. The Morgan fingerprint density at radius 2 is 1.95 bits per heavy atom. The van der Waals surface area contributed by atoms with E-state index in [1.54, 1.807) is 0 Å². The highest BCUT2D eigenvalue weighted by atomic mass is 16.3. The molecule has 1 aromatic carbocycles. The molecule has 1 aromatic rings. The Bertz CT molecular complexity index is 410. The van der Waals surface area contributed by atoms with E-state index < -0.39 is 6.10 Å². The summed E-state index contributed by atoms with van der Waals surface area (Å²) in [6, 6.07) is 7.10. The van der Waals surface area contributed by atoms with Crippen LogP contribution in [0.3, 0.4) is 0 Å². The third kappa shape index (κ3) is 3.58.